The standard InChI is InChI=1S/C25H30ClFN4O3S/c1-35(33,34)31(13-5-12-28)17-19-7-4-8-20(14-19)25-22(27)16-29-24(30-25)9-3-2-6-18-10-11-23(32)21(26)15-18/h4,7-8,10-11,14-16,32H,2-3,5-6,9,12-13,17,28H2,1H3. The van der Waals surface area contributed by atoms with Gasteiger partial charge in [0.05, 0.1) is 17.5 Å². The van der Waals surface area contributed by atoms with Gasteiger partial charge in [-0.25, -0.2) is 22.8 Å². The van der Waals surface area contributed by atoms with E-state index in [0.29, 0.717) is 42.3 Å². The molecule has 188 valence electrons. The molecule has 3 N–H and O–H groups in total. The van der Waals surface area contributed by atoms with Crippen molar-refractivity contribution in [1.82, 2.24) is 14.3 Å². The van der Waals surface area contributed by atoms with Crippen molar-refractivity contribution in [2.45, 2.75) is 38.6 Å². The van der Waals surface area contributed by atoms with Crippen molar-refractivity contribution in [2.75, 3.05) is 19.3 Å². The Kier molecular flexibility index (Phi) is 9.56. The van der Waals surface area contributed by atoms with Gasteiger partial charge in [0.15, 0.2) is 5.82 Å². The average Bonchev–Trinajstić information content (AvgIpc) is 2.82. The fourth-order valence-corrected chi connectivity index (χ4v) is 4.74. The van der Waals surface area contributed by atoms with Crippen LogP contribution in [0.1, 0.15) is 36.2 Å². The number of rotatable bonds is 12. The lowest BCUT2D eigenvalue weighted by Gasteiger charge is -2.20. The lowest BCUT2D eigenvalue weighted by molar-refractivity contribution is 0.405. The lowest BCUT2D eigenvalue weighted by Crippen LogP contribution is -2.31. The molecule has 1 aromatic heterocycles. The topological polar surface area (TPSA) is 109 Å². The second-order valence-corrected chi connectivity index (χ2v) is 10.8. The van der Waals surface area contributed by atoms with Crippen molar-refractivity contribution in [1.29, 1.82) is 0 Å². The predicted octanol–water partition coefficient (Wildman–Crippen LogP) is 4.32. The zero-order valence-corrected chi connectivity index (χ0v) is 21.2. The van der Waals surface area contributed by atoms with Gasteiger partial charge in [0.1, 0.15) is 17.3 Å². The number of aromatic nitrogens is 2. The van der Waals surface area contributed by atoms with Crippen molar-refractivity contribution in [3.63, 3.8) is 0 Å². The molecular formula is C25H30ClFN4O3S. The van der Waals surface area contributed by atoms with Crippen LogP contribution in [0.25, 0.3) is 11.3 Å². The Hall–Kier alpha value is -2.59. The third-order valence-corrected chi connectivity index (χ3v) is 7.11. The number of aryl methyl sites for hydroxylation is 2. The summed E-state index contributed by atoms with van der Waals surface area (Å²) in [6.45, 7) is 0.888. The second-order valence-electron chi connectivity index (χ2n) is 8.41. The molecule has 10 heteroatoms. The molecule has 0 amide bonds. The summed E-state index contributed by atoms with van der Waals surface area (Å²) < 4.78 is 40.2. The van der Waals surface area contributed by atoms with Crippen LogP contribution in [-0.4, -0.2) is 47.1 Å². The van der Waals surface area contributed by atoms with E-state index >= 15 is 0 Å². The van der Waals surface area contributed by atoms with Gasteiger partial charge < -0.3 is 10.8 Å². The highest BCUT2D eigenvalue weighted by molar-refractivity contribution is 7.88. The molecule has 0 aliphatic rings. The fourth-order valence-electron chi connectivity index (χ4n) is 3.70. The molecule has 35 heavy (non-hydrogen) atoms. The number of sulfonamides is 1. The first-order valence-electron chi connectivity index (χ1n) is 11.4. The summed E-state index contributed by atoms with van der Waals surface area (Å²) in [6, 6.07) is 12.2. The molecular weight excluding hydrogens is 491 g/mol. The average molecular weight is 521 g/mol. The maximum atomic E-state index is 14.6. The molecule has 3 rings (SSSR count). The van der Waals surface area contributed by atoms with Crippen LogP contribution < -0.4 is 5.73 Å². The number of phenolic OH excluding ortho intramolecular Hbond substituents is 1. The Morgan fingerprint density at radius 2 is 1.86 bits per heavy atom. The van der Waals surface area contributed by atoms with Gasteiger partial charge in [-0.15, -0.1) is 0 Å². The van der Waals surface area contributed by atoms with Crippen LogP contribution in [0.15, 0.2) is 48.7 Å². The van der Waals surface area contributed by atoms with Gasteiger partial charge in [0, 0.05) is 25.1 Å². The molecule has 1 heterocycles. The van der Waals surface area contributed by atoms with Crippen LogP contribution in [0, 0.1) is 5.82 Å². The van der Waals surface area contributed by atoms with Crippen LogP contribution in [0.3, 0.4) is 0 Å². The van der Waals surface area contributed by atoms with Crippen molar-refractivity contribution in [2.24, 2.45) is 5.73 Å². The lowest BCUT2D eigenvalue weighted by atomic mass is 10.1. The van der Waals surface area contributed by atoms with E-state index in [2.05, 4.69) is 9.97 Å². The molecule has 0 radical (unpaired) electrons. The summed E-state index contributed by atoms with van der Waals surface area (Å²) in [5, 5.41) is 9.85. The predicted molar refractivity (Wildman–Crippen MR) is 136 cm³/mol. The van der Waals surface area contributed by atoms with Gasteiger partial charge in [-0.2, -0.15) is 4.31 Å². The number of benzene rings is 2. The Morgan fingerprint density at radius 1 is 1.09 bits per heavy atom. The highest BCUT2D eigenvalue weighted by Crippen LogP contribution is 2.25. The number of hydrogen-bond donors (Lipinski definition) is 2. The Bertz CT molecular complexity index is 1260. The quantitative estimate of drug-likeness (QED) is 0.344. The SMILES string of the molecule is CS(=O)(=O)N(CCCN)Cc1cccc(-c2nc(CCCCc3ccc(O)c(Cl)c3)ncc2F)c1. The zero-order valence-electron chi connectivity index (χ0n) is 19.6. The summed E-state index contributed by atoms with van der Waals surface area (Å²) in [6.07, 6.45) is 5.92. The normalized spacial score (nSPS) is 11.8. The third kappa shape index (κ3) is 7.96. The van der Waals surface area contributed by atoms with Crippen LogP contribution in [-0.2, 0) is 29.4 Å². The van der Waals surface area contributed by atoms with E-state index in [4.69, 9.17) is 17.3 Å². The first-order valence-corrected chi connectivity index (χ1v) is 13.6. The molecule has 0 atom stereocenters. The van der Waals surface area contributed by atoms with Crippen LogP contribution >= 0.6 is 11.6 Å². The van der Waals surface area contributed by atoms with E-state index in [1.165, 1.54) is 16.8 Å². The van der Waals surface area contributed by atoms with Crippen LogP contribution in [0.2, 0.25) is 5.02 Å². The number of hydrogen-bond acceptors (Lipinski definition) is 6. The third-order valence-electron chi connectivity index (χ3n) is 5.56. The summed E-state index contributed by atoms with van der Waals surface area (Å²) >= 11 is 5.95. The summed E-state index contributed by atoms with van der Waals surface area (Å²) in [5.41, 5.74) is 8.05. The molecule has 0 unspecified atom stereocenters. The number of halogens is 2. The van der Waals surface area contributed by atoms with Crippen molar-refractivity contribution < 1.29 is 17.9 Å². The number of nitrogens with zero attached hydrogens (tertiary/aromatic N) is 3. The van der Waals surface area contributed by atoms with Gasteiger partial charge in [0.2, 0.25) is 10.0 Å². The van der Waals surface area contributed by atoms with E-state index in [1.54, 1.807) is 36.4 Å². The van der Waals surface area contributed by atoms with Crippen LogP contribution in [0.5, 0.6) is 5.75 Å². The number of phenols is 1. The molecule has 2 aromatic carbocycles. The fraction of sp³-hybridized carbons (Fsp3) is 0.360. The van der Waals surface area contributed by atoms with E-state index in [9.17, 15) is 17.9 Å². The Balaban J connectivity index is 1.68. The van der Waals surface area contributed by atoms with E-state index in [0.717, 1.165) is 30.4 Å². The minimum atomic E-state index is -3.41. The molecule has 0 saturated heterocycles. The maximum Gasteiger partial charge on any atom is 0.211 e. The molecule has 0 aliphatic carbocycles. The van der Waals surface area contributed by atoms with Crippen LogP contribution in [0.4, 0.5) is 4.39 Å². The van der Waals surface area contributed by atoms with E-state index < -0.39 is 15.8 Å². The minimum Gasteiger partial charge on any atom is -0.506 e. The summed E-state index contributed by atoms with van der Waals surface area (Å²) in [5.74, 6) is 0.0651. The number of unbranched alkanes of at least 4 members (excludes halogenated alkanes) is 1. The van der Waals surface area contributed by atoms with Crippen molar-refractivity contribution >= 4 is 21.6 Å². The van der Waals surface area contributed by atoms with Gasteiger partial charge in [0.25, 0.3) is 0 Å². The van der Waals surface area contributed by atoms with Crippen molar-refractivity contribution in [3.8, 4) is 17.0 Å². The first-order chi connectivity index (χ1) is 16.7. The molecule has 0 fully saturated rings. The van der Waals surface area contributed by atoms with Gasteiger partial charge in [-0.05, 0) is 61.6 Å². The number of aromatic hydroxyl groups is 1. The van der Waals surface area contributed by atoms with Gasteiger partial charge in [-0.1, -0.05) is 35.9 Å². The molecule has 0 saturated carbocycles. The second kappa shape index (κ2) is 12.4. The molecule has 0 spiro atoms. The van der Waals surface area contributed by atoms with Gasteiger partial charge >= 0.3 is 0 Å². The first kappa shape index (κ1) is 27.0. The summed E-state index contributed by atoms with van der Waals surface area (Å²) in [4.78, 5) is 8.57. The molecule has 7 nitrogen and oxygen atoms in total. The van der Waals surface area contributed by atoms with Crippen molar-refractivity contribution in [3.05, 3.63) is 76.5 Å². The highest BCUT2D eigenvalue weighted by Gasteiger charge is 2.17. The Labute approximate surface area is 210 Å². The smallest absolute Gasteiger partial charge is 0.211 e. The minimum absolute atomic E-state index is 0.0614. The van der Waals surface area contributed by atoms with E-state index in [-0.39, 0.29) is 18.0 Å². The summed E-state index contributed by atoms with van der Waals surface area (Å²) in [7, 11) is -3.41. The number of nitrogens with two attached hydrogens (primary N) is 1. The zero-order chi connectivity index (χ0) is 25.4. The largest absolute Gasteiger partial charge is 0.506 e. The highest BCUT2D eigenvalue weighted by atomic mass is 35.5. The molecule has 3 aromatic rings. The molecule has 0 aliphatic heterocycles. The van der Waals surface area contributed by atoms with Gasteiger partial charge in [-0.3, -0.25) is 0 Å². The maximum absolute atomic E-state index is 14.6. The Morgan fingerprint density at radius 3 is 2.57 bits per heavy atom. The van der Waals surface area contributed by atoms with E-state index in [1.807, 2.05) is 6.07 Å². The molecule has 0 bridgehead atoms. The monoisotopic (exact) mass is 520 g/mol.